The number of benzene rings is 2. The zero-order chi connectivity index (χ0) is 25.0. The van der Waals surface area contributed by atoms with E-state index in [9.17, 15) is 4.79 Å². The Morgan fingerprint density at radius 3 is 2.17 bits per heavy atom. The number of pyridine rings is 1. The van der Waals surface area contributed by atoms with E-state index in [0.717, 1.165) is 16.8 Å². The third-order valence-corrected chi connectivity index (χ3v) is 6.49. The van der Waals surface area contributed by atoms with Gasteiger partial charge in [-0.15, -0.1) is 46.2 Å². The minimum absolute atomic E-state index is 0. The number of aromatic nitrogens is 1. The SMILES string of the molecule is C.CC(=O)C=C(C)O.Cc1[c-]c(-c2nccc3cc(-c4ccc(C(C)(C)C)cc4)sc23)cc(C)c1.[Ir]. The van der Waals surface area contributed by atoms with Gasteiger partial charge in [0.05, 0.1) is 5.76 Å². The predicted molar refractivity (Wildman–Crippen MR) is 151 cm³/mol. The molecule has 2 aromatic heterocycles. The van der Waals surface area contributed by atoms with Gasteiger partial charge in [-0.05, 0) is 47.9 Å². The molecule has 2 heterocycles. The van der Waals surface area contributed by atoms with Crippen molar-refractivity contribution in [1.29, 1.82) is 0 Å². The first kappa shape index (κ1) is 31.4. The average Bonchev–Trinajstić information content (AvgIpc) is 3.16. The number of hydrogen-bond acceptors (Lipinski definition) is 4. The Morgan fingerprint density at radius 2 is 1.67 bits per heavy atom. The van der Waals surface area contributed by atoms with Gasteiger partial charge in [0.15, 0.2) is 5.78 Å². The summed E-state index contributed by atoms with van der Waals surface area (Å²) in [6.45, 7) is 13.8. The largest absolute Gasteiger partial charge is 0.512 e. The Hall–Kier alpha value is -2.59. The maximum atomic E-state index is 10.0. The van der Waals surface area contributed by atoms with Crippen molar-refractivity contribution in [2.24, 2.45) is 0 Å². The maximum Gasteiger partial charge on any atom is 0.155 e. The summed E-state index contributed by atoms with van der Waals surface area (Å²) >= 11 is 1.81. The van der Waals surface area contributed by atoms with Gasteiger partial charge in [0.1, 0.15) is 0 Å². The fourth-order valence-corrected chi connectivity index (χ4v) is 4.91. The standard InChI is InChI=1S/C25H24NS.C5H8O2.CH4.Ir/c1-16-12-17(2)14-20(13-16)23-24-19(10-11-26-23)15-22(27-24)18-6-8-21(9-7-18)25(3,4)5;1-4(6)3-5(2)7;;/h6-13,15H,1-5H3;3,6H,1-2H3;1H4;/q-1;;;. The molecule has 0 saturated carbocycles. The van der Waals surface area contributed by atoms with Crippen LogP contribution in [0.4, 0.5) is 0 Å². The first-order valence-electron chi connectivity index (χ1n) is 11.3. The molecule has 0 atom stereocenters. The minimum atomic E-state index is -0.125. The number of ketones is 1. The Kier molecular flexibility index (Phi) is 11.4. The second-order valence-corrected chi connectivity index (χ2v) is 10.7. The van der Waals surface area contributed by atoms with Crippen LogP contribution >= 0.6 is 11.3 Å². The second kappa shape index (κ2) is 13.1. The van der Waals surface area contributed by atoms with Crippen LogP contribution in [0.25, 0.3) is 31.8 Å². The smallest absolute Gasteiger partial charge is 0.155 e. The fourth-order valence-electron chi connectivity index (χ4n) is 3.75. The molecular formula is C31H36IrNO2S-. The molecule has 1 N–H and O–H groups in total. The summed E-state index contributed by atoms with van der Waals surface area (Å²) in [5.74, 6) is -0.0625. The number of fused-ring (bicyclic) bond motifs is 1. The average molecular weight is 679 g/mol. The molecule has 0 spiro atoms. The summed E-state index contributed by atoms with van der Waals surface area (Å²) in [5.41, 5.74) is 7.30. The first-order valence-corrected chi connectivity index (χ1v) is 12.1. The van der Waals surface area contributed by atoms with Crippen molar-refractivity contribution in [1.82, 2.24) is 4.98 Å². The Labute approximate surface area is 233 Å². The number of carbonyl (C=O) groups excluding carboxylic acids is 1. The van der Waals surface area contributed by atoms with Gasteiger partial charge in [-0.3, -0.25) is 4.79 Å². The van der Waals surface area contributed by atoms with Crippen LogP contribution < -0.4 is 0 Å². The van der Waals surface area contributed by atoms with Gasteiger partial charge in [-0.25, -0.2) is 0 Å². The summed E-state index contributed by atoms with van der Waals surface area (Å²) in [5, 5.41) is 9.61. The molecule has 0 aliphatic carbocycles. The molecule has 0 fully saturated rings. The van der Waals surface area contributed by atoms with Gasteiger partial charge < -0.3 is 10.1 Å². The van der Waals surface area contributed by atoms with Crippen molar-refractivity contribution < 1.29 is 30.0 Å². The van der Waals surface area contributed by atoms with Gasteiger partial charge in [-0.1, -0.05) is 66.3 Å². The van der Waals surface area contributed by atoms with E-state index in [1.807, 2.05) is 17.5 Å². The van der Waals surface area contributed by atoms with Crippen molar-refractivity contribution in [3.8, 4) is 21.7 Å². The molecule has 2 aromatic carbocycles. The van der Waals surface area contributed by atoms with Crippen molar-refractivity contribution in [3.63, 3.8) is 0 Å². The topological polar surface area (TPSA) is 50.2 Å². The van der Waals surface area contributed by atoms with Crippen LogP contribution in [0, 0.1) is 19.9 Å². The number of rotatable bonds is 3. The van der Waals surface area contributed by atoms with E-state index >= 15 is 0 Å². The maximum absolute atomic E-state index is 10.0. The number of nitrogens with zero attached hydrogens (tertiary/aromatic N) is 1. The molecule has 0 amide bonds. The number of aliphatic hydroxyl groups excluding tert-OH is 1. The van der Waals surface area contributed by atoms with Crippen LogP contribution in [0.3, 0.4) is 0 Å². The van der Waals surface area contributed by atoms with Crippen molar-refractivity contribution in [3.05, 3.63) is 89.3 Å². The molecule has 0 bridgehead atoms. The molecule has 0 aliphatic rings. The first-order chi connectivity index (χ1) is 15.9. The molecule has 0 saturated heterocycles. The Balaban J connectivity index is 0.000000637. The Morgan fingerprint density at radius 1 is 1.03 bits per heavy atom. The monoisotopic (exact) mass is 679 g/mol. The van der Waals surface area contributed by atoms with Crippen LogP contribution in [0.15, 0.2) is 66.6 Å². The molecule has 1 radical (unpaired) electrons. The van der Waals surface area contributed by atoms with Crippen molar-refractivity contribution >= 4 is 27.2 Å². The zero-order valence-electron chi connectivity index (χ0n) is 21.3. The van der Waals surface area contributed by atoms with Crippen LogP contribution in [-0.4, -0.2) is 15.9 Å². The summed E-state index contributed by atoms with van der Waals surface area (Å²) in [7, 11) is 0. The number of allylic oxidation sites excluding steroid dienone is 2. The summed E-state index contributed by atoms with van der Waals surface area (Å²) < 4.78 is 1.23. The van der Waals surface area contributed by atoms with Crippen molar-refractivity contribution in [2.45, 2.75) is 61.3 Å². The molecule has 0 unspecified atom stereocenters. The summed E-state index contributed by atoms with van der Waals surface area (Å²) in [6, 6.07) is 21.1. The number of thiophene rings is 1. The van der Waals surface area contributed by atoms with Crippen LogP contribution in [-0.2, 0) is 30.3 Å². The van der Waals surface area contributed by atoms with Gasteiger partial charge >= 0.3 is 0 Å². The number of aryl methyl sites for hydroxylation is 2. The number of carbonyl (C=O) groups is 1. The molecule has 0 aliphatic heterocycles. The van der Waals surface area contributed by atoms with E-state index in [2.05, 4.69) is 89.2 Å². The Bertz CT molecular complexity index is 1320. The third-order valence-electron chi connectivity index (χ3n) is 5.28. The van der Waals surface area contributed by atoms with Crippen LogP contribution in [0.2, 0.25) is 0 Å². The quantitative estimate of drug-likeness (QED) is 0.134. The summed E-state index contributed by atoms with van der Waals surface area (Å²) in [6.07, 6.45) is 3.07. The number of aliphatic hydroxyl groups is 1. The van der Waals surface area contributed by atoms with Crippen LogP contribution in [0.5, 0.6) is 0 Å². The zero-order valence-corrected chi connectivity index (χ0v) is 24.5. The van der Waals surface area contributed by atoms with E-state index in [1.165, 1.54) is 51.6 Å². The molecule has 5 heteroatoms. The molecule has 3 nitrogen and oxygen atoms in total. The van der Waals surface area contributed by atoms with E-state index in [4.69, 9.17) is 10.1 Å². The van der Waals surface area contributed by atoms with Crippen LogP contribution in [0.1, 0.15) is 58.7 Å². The van der Waals surface area contributed by atoms with E-state index in [1.54, 1.807) is 0 Å². The normalized spacial score (nSPS) is 11.1. The fraction of sp³-hybridized carbons (Fsp3) is 0.290. The third kappa shape index (κ3) is 8.23. The van der Waals surface area contributed by atoms with Gasteiger partial charge in [0.2, 0.25) is 0 Å². The van der Waals surface area contributed by atoms with Crippen molar-refractivity contribution in [2.75, 3.05) is 0 Å². The van der Waals surface area contributed by atoms with Gasteiger partial charge in [-0.2, -0.15) is 0 Å². The minimum Gasteiger partial charge on any atom is -0.512 e. The molecular weight excluding hydrogens is 643 g/mol. The molecule has 193 valence electrons. The summed E-state index contributed by atoms with van der Waals surface area (Å²) in [4.78, 5) is 16.0. The molecule has 36 heavy (non-hydrogen) atoms. The predicted octanol–water partition coefficient (Wildman–Crippen LogP) is 9.02. The van der Waals surface area contributed by atoms with Gasteiger partial charge in [0, 0.05) is 47.6 Å². The molecule has 4 aromatic rings. The van der Waals surface area contributed by atoms with E-state index in [0.29, 0.717) is 0 Å². The molecule has 4 rings (SSSR count). The second-order valence-electron chi connectivity index (χ2n) is 9.67. The van der Waals surface area contributed by atoms with E-state index < -0.39 is 0 Å². The number of hydrogen-bond donors (Lipinski definition) is 1. The van der Waals surface area contributed by atoms with Gasteiger partial charge in [0.25, 0.3) is 0 Å². The van der Waals surface area contributed by atoms with E-state index in [-0.39, 0.29) is 44.5 Å².